The first-order chi connectivity index (χ1) is 16.8. The average Bonchev–Trinajstić information content (AvgIpc) is 3.40. The van der Waals surface area contributed by atoms with E-state index in [1.807, 2.05) is 45.0 Å². The Morgan fingerprint density at radius 2 is 1.71 bits per heavy atom. The number of rotatable bonds is 8. The molecular weight excluding hydrogens is 464 g/mol. The molecule has 1 saturated heterocycles. The van der Waals surface area contributed by atoms with Crippen molar-refractivity contribution in [3.63, 3.8) is 0 Å². The first kappa shape index (κ1) is 25.1. The highest BCUT2D eigenvalue weighted by Gasteiger charge is 2.42. The van der Waals surface area contributed by atoms with Crippen LogP contribution in [0.3, 0.4) is 0 Å². The lowest BCUT2D eigenvalue weighted by Gasteiger charge is -2.30. The number of alkyl carbamates (subject to hydrolysis) is 1. The number of carbonyl (C=O) groups is 3. The van der Waals surface area contributed by atoms with Gasteiger partial charge in [-0.15, -0.1) is 11.8 Å². The van der Waals surface area contributed by atoms with Crippen LogP contribution in [0, 0.1) is 5.92 Å². The molecule has 7 nitrogen and oxygen atoms in total. The van der Waals surface area contributed by atoms with Crippen molar-refractivity contribution >= 4 is 29.7 Å². The van der Waals surface area contributed by atoms with Crippen LogP contribution in [0.15, 0.2) is 48.5 Å². The Hall–Kier alpha value is -3.00. The highest BCUT2D eigenvalue weighted by atomic mass is 32.2. The third-order valence-corrected chi connectivity index (χ3v) is 8.25. The summed E-state index contributed by atoms with van der Waals surface area (Å²) < 4.78 is 5.66. The molecule has 0 bridgehead atoms. The van der Waals surface area contributed by atoms with Crippen molar-refractivity contribution in [2.24, 2.45) is 5.92 Å². The number of fused-ring (bicyclic) bond motifs is 3. The number of nitrogens with one attached hydrogen (secondary N) is 1. The van der Waals surface area contributed by atoms with Crippen molar-refractivity contribution in [2.75, 3.05) is 12.4 Å². The number of hydrogen-bond donors (Lipinski definition) is 2. The number of aliphatic carboxylic acids is 1. The summed E-state index contributed by atoms with van der Waals surface area (Å²) in [7, 11) is 0. The second kappa shape index (κ2) is 10.7. The highest BCUT2D eigenvalue weighted by molar-refractivity contribution is 8.00. The molecule has 1 heterocycles. The van der Waals surface area contributed by atoms with Gasteiger partial charge in [-0.25, -0.2) is 9.59 Å². The molecule has 0 spiro atoms. The Labute approximate surface area is 210 Å². The minimum Gasteiger partial charge on any atom is -0.480 e. The van der Waals surface area contributed by atoms with Gasteiger partial charge in [0.05, 0.1) is 5.37 Å². The lowest BCUT2D eigenvalue weighted by atomic mass is 9.98. The van der Waals surface area contributed by atoms with Gasteiger partial charge in [-0.1, -0.05) is 68.8 Å². The van der Waals surface area contributed by atoms with Gasteiger partial charge in [0.1, 0.15) is 18.7 Å². The summed E-state index contributed by atoms with van der Waals surface area (Å²) in [4.78, 5) is 39.4. The normalized spacial score (nSPS) is 20.6. The van der Waals surface area contributed by atoms with Crippen LogP contribution in [0.5, 0.6) is 0 Å². The fourth-order valence-corrected chi connectivity index (χ4v) is 6.10. The molecule has 0 aromatic heterocycles. The smallest absolute Gasteiger partial charge is 0.407 e. The number of carboxylic acid groups (broad SMARTS) is 1. The van der Waals surface area contributed by atoms with Crippen LogP contribution in [0.2, 0.25) is 0 Å². The molecule has 4 atom stereocenters. The van der Waals surface area contributed by atoms with Gasteiger partial charge in [0, 0.05) is 11.7 Å². The van der Waals surface area contributed by atoms with Crippen molar-refractivity contribution in [3.8, 4) is 11.1 Å². The molecule has 4 rings (SSSR count). The van der Waals surface area contributed by atoms with Crippen LogP contribution in [0.25, 0.3) is 11.1 Å². The van der Waals surface area contributed by atoms with Crippen molar-refractivity contribution in [2.45, 2.75) is 57.0 Å². The Bertz CT molecular complexity index is 1060. The van der Waals surface area contributed by atoms with Gasteiger partial charge >= 0.3 is 12.1 Å². The van der Waals surface area contributed by atoms with E-state index >= 15 is 0 Å². The molecule has 1 aliphatic heterocycles. The number of benzene rings is 2. The molecule has 2 N–H and O–H groups in total. The molecule has 2 aromatic carbocycles. The van der Waals surface area contributed by atoms with E-state index in [4.69, 9.17) is 4.74 Å². The van der Waals surface area contributed by atoms with Gasteiger partial charge in [-0.2, -0.15) is 0 Å². The number of nitrogens with zero attached hydrogens (tertiary/aromatic N) is 1. The maximum Gasteiger partial charge on any atom is 0.407 e. The van der Waals surface area contributed by atoms with Crippen molar-refractivity contribution in [1.82, 2.24) is 10.2 Å². The van der Waals surface area contributed by atoms with E-state index in [-0.39, 0.29) is 29.7 Å². The van der Waals surface area contributed by atoms with E-state index < -0.39 is 24.1 Å². The lowest BCUT2D eigenvalue weighted by molar-refractivity contribution is -0.149. The summed E-state index contributed by atoms with van der Waals surface area (Å²) in [6.07, 6.45) is 0.586. The largest absolute Gasteiger partial charge is 0.480 e. The minimum absolute atomic E-state index is 0.0803. The number of hydrogen-bond acceptors (Lipinski definition) is 5. The molecule has 186 valence electrons. The van der Waals surface area contributed by atoms with Crippen LogP contribution in [0.4, 0.5) is 4.79 Å². The topological polar surface area (TPSA) is 95.9 Å². The fraction of sp³-hybridized carbons (Fsp3) is 0.444. The van der Waals surface area contributed by atoms with Crippen LogP contribution < -0.4 is 5.32 Å². The van der Waals surface area contributed by atoms with Crippen LogP contribution in [0.1, 0.15) is 50.7 Å². The quantitative estimate of drug-likeness (QED) is 0.550. The number of carbonyl (C=O) groups excluding carboxylic acids is 2. The molecule has 0 saturated carbocycles. The maximum absolute atomic E-state index is 13.4. The van der Waals surface area contributed by atoms with Crippen molar-refractivity contribution in [1.29, 1.82) is 0 Å². The molecular formula is C27H32N2O5S. The van der Waals surface area contributed by atoms with Crippen molar-refractivity contribution in [3.05, 3.63) is 59.7 Å². The highest BCUT2D eigenvalue weighted by Crippen LogP contribution is 2.44. The molecule has 1 fully saturated rings. The first-order valence-corrected chi connectivity index (χ1v) is 13.1. The zero-order valence-electron chi connectivity index (χ0n) is 20.3. The molecule has 35 heavy (non-hydrogen) atoms. The Balaban J connectivity index is 1.47. The summed E-state index contributed by atoms with van der Waals surface area (Å²) in [6, 6.07) is 14.5. The molecule has 2 amide bonds. The van der Waals surface area contributed by atoms with Gasteiger partial charge < -0.3 is 20.1 Å². The summed E-state index contributed by atoms with van der Waals surface area (Å²) >= 11 is 1.43. The number of amides is 2. The van der Waals surface area contributed by atoms with E-state index in [0.717, 1.165) is 28.7 Å². The third-order valence-electron chi connectivity index (χ3n) is 7.03. The van der Waals surface area contributed by atoms with Crippen LogP contribution in [-0.4, -0.2) is 57.8 Å². The predicted molar refractivity (Wildman–Crippen MR) is 136 cm³/mol. The van der Waals surface area contributed by atoms with Gasteiger partial charge in [0.2, 0.25) is 5.91 Å². The Kier molecular flexibility index (Phi) is 7.69. The summed E-state index contributed by atoms with van der Waals surface area (Å²) in [5, 5.41) is 12.1. The number of ether oxygens (including phenoxy) is 1. The van der Waals surface area contributed by atoms with Gasteiger partial charge in [-0.3, -0.25) is 4.79 Å². The first-order valence-electron chi connectivity index (χ1n) is 12.1. The summed E-state index contributed by atoms with van der Waals surface area (Å²) in [5.74, 6) is -0.972. The standard InChI is InChI=1S/C27H32N2O5S/c1-4-16(2)13-23(25(30)29-17(3)35-15-24(29)26(31)32)28-27(33)34-14-22-20-11-7-5-9-18(20)19-10-6-8-12-21(19)22/h5-12,16-17,22-24H,4,13-15H2,1-3H3,(H,28,33)(H,31,32). The van der Waals surface area contributed by atoms with E-state index in [2.05, 4.69) is 29.6 Å². The average molecular weight is 497 g/mol. The van der Waals surface area contributed by atoms with E-state index in [1.54, 1.807) is 0 Å². The zero-order valence-corrected chi connectivity index (χ0v) is 21.1. The third kappa shape index (κ3) is 5.17. The van der Waals surface area contributed by atoms with Gasteiger partial charge in [0.25, 0.3) is 0 Å². The zero-order chi connectivity index (χ0) is 25.1. The van der Waals surface area contributed by atoms with E-state index in [0.29, 0.717) is 12.2 Å². The predicted octanol–water partition coefficient (Wildman–Crippen LogP) is 4.70. The van der Waals surface area contributed by atoms with Crippen LogP contribution in [-0.2, 0) is 14.3 Å². The van der Waals surface area contributed by atoms with E-state index in [9.17, 15) is 19.5 Å². The molecule has 0 radical (unpaired) electrons. The summed E-state index contributed by atoms with van der Waals surface area (Å²) in [6.45, 7) is 6.00. The Morgan fingerprint density at radius 1 is 1.11 bits per heavy atom. The number of thioether (sulfide) groups is 1. The second-order valence-corrected chi connectivity index (χ2v) is 10.7. The second-order valence-electron chi connectivity index (χ2n) is 9.30. The summed E-state index contributed by atoms with van der Waals surface area (Å²) in [5.41, 5.74) is 4.51. The van der Waals surface area contributed by atoms with Gasteiger partial charge in [-0.05, 0) is 41.5 Å². The monoisotopic (exact) mass is 496 g/mol. The van der Waals surface area contributed by atoms with E-state index in [1.165, 1.54) is 16.7 Å². The maximum atomic E-state index is 13.4. The molecule has 2 aliphatic rings. The molecule has 8 heteroatoms. The SMILES string of the molecule is CCC(C)CC(NC(=O)OCC1c2ccccc2-c2ccccc21)C(=O)N1C(C)SCC1C(=O)O. The molecule has 2 aromatic rings. The lowest BCUT2D eigenvalue weighted by Crippen LogP contribution is -2.54. The van der Waals surface area contributed by atoms with Gasteiger partial charge in [0.15, 0.2) is 0 Å². The fourth-order valence-electron chi connectivity index (χ4n) is 4.92. The minimum atomic E-state index is -1.03. The number of carboxylic acids is 1. The Morgan fingerprint density at radius 3 is 2.29 bits per heavy atom. The van der Waals surface area contributed by atoms with Crippen molar-refractivity contribution < 1.29 is 24.2 Å². The molecule has 4 unspecified atom stereocenters. The van der Waals surface area contributed by atoms with Crippen LogP contribution >= 0.6 is 11.8 Å². The molecule has 1 aliphatic carbocycles.